The lowest BCUT2D eigenvalue weighted by atomic mass is 10.1. The van der Waals surface area contributed by atoms with E-state index in [9.17, 15) is 0 Å². The molecule has 2 aromatic carbocycles. The number of rotatable bonds is 3. The largest absolute Gasteiger partial charge is 0.494 e. The van der Waals surface area contributed by atoms with E-state index in [1.54, 1.807) is 11.3 Å². The maximum Gasteiger partial charge on any atom is 0.144 e. The molecule has 0 amide bonds. The molecule has 21 heavy (non-hydrogen) atoms. The van der Waals surface area contributed by atoms with Crippen molar-refractivity contribution in [2.75, 3.05) is 6.61 Å². The number of ether oxygens (including phenoxy) is 2. The van der Waals surface area contributed by atoms with Crippen molar-refractivity contribution < 1.29 is 9.47 Å². The third-order valence-corrected chi connectivity index (χ3v) is 5.14. The Morgan fingerprint density at radius 1 is 1.00 bits per heavy atom. The first-order valence-electron chi connectivity index (χ1n) is 6.88. The van der Waals surface area contributed by atoms with Crippen molar-refractivity contribution in [2.45, 2.75) is 20.8 Å². The number of hydrogen-bond acceptors (Lipinski definition) is 3. The third kappa shape index (κ3) is 2.12. The van der Waals surface area contributed by atoms with Gasteiger partial charge in [0.05, 0.1) is 6.61 Å². The van der Waals surface area contributed by atoms with Gasteiger partial charge in [0.15, 0.2) is 0 Å². The van der Waals surface area contributed by atoms with E-state index in [4.69, 9.17) is 15.9 Å². The van der Waals surface area contributed by atoms with Crippen molar-refractivity contribution in [2.24, 2.45) is 0 Å². The normalized spacial score (nSPS) is 10.8. The molecule has 0 N–H and O–H groups in total. The van der Waals surface area contributed by atoms with Gasteiger partial charge >= 0.3 is 0 Å². The second kappa shape index (κ2) is 5.31. The standard InChI is InChI=1S/C18H16O2S/c1-5-19-15-9-7-13-14-8-10-16(20-6-2)12(4)18(14)21-17(13)11(15)3/h1,7-10H,6H2,2-4H3. The van der Waals surface area contributed by atoms with E-state index in [0.717, 1.165) is 17.1 Å². The van der Waals surface area contributed by atoms with Gasteiger partial charge in [-0.2, -0.15) is 0 Å². The van der Waals surface area contributed by atoms with Crippen molar-refractivity contribution in [3.63, 3.8) is 0 Å². The summed E-state index contributed by atoms with van der Waals surface area (Å²) in [6, 6.07) is 8.20. The van der Waals surface area contributed by atoms with E-state index in [1.807, 2.05) is 19.9 Å². The molecule has 0 bridgehead atoms. The number of benzene rings is 2. The van der Waals surface area contributed by atoms with E-state index < -0.39 is 0 Å². The van der Waals surface area contributed by atoms with E-state index in [0.29, 0.717) is 6.61 Å². The molecule has 2 nitrogen and oxygen atoms in total. The molecule has 0 aliphatic heterocycles. The van der Waals surface area contributed by atoms with Crippen LogP contribution in [0.2, 0.25) is 0 Å². The average Bonchev–Trinajstić information content (AvgIpc) is 2.86. The van der Waals surface area contributed by atoms with Gasteiger partial charge in [-0.25, -0.2) is 0 Å². The quantitative estimate of drug-likeness (QED) is 0.630. The molecule has 1 heterocycles. The van der Waals surface area contributed by atoms with Crippen LogP contribution >= 0.6 is 11.3 Å². The fourth-order valence-electron chi connectivity index (χ4n) is 2.62. The average molecular weight is 296 g/mol. The first-order valence-corrected chi connectivity index (χ1v) is 7.69. The van der Waals surface area contributed by atoms with Crippen molar-refractivity contribution in [1.29, 1.82) is 0 Å². The summed E-state index contributed by atoms with van der Waals surface area (Å²) >= 11 is 1.77. The highest BCUT2D eigenvalue weighted by molar-refractivity contribution is 7.26. The van der Waals surface area contributed by atoms with E-state index in [1.165, 1.54) is 25.7 Å². The highest BCUT2D eigenvalue weighted by Gasteiger charge is 2.14. The van der Waals surface area contributed by atoms with E-state index in [2.05, 4.69) is 31.2 Å². The molecule has 0 saturated heterocycles. The lowest BCUT2D eigenvalue weighted by Crippen LogP contribution is -1.93. The Hall–Kier alpha value is -2.18. The number of fused-ring (bicyclic) bond motifs is 3. The number of aryl methyl sites for hydroxylation is 2. The Labute approximate surface area is 128 Å². The summed E-state index contributed by atoms with van der Waals surface area (Å²) in [5, 5.41) is 2.49. The van der Waals surface area contributed by atoms with Gasteiger partial charge in [0.25, 0.3) is 0 Å². The second-order valence-corrected chi connectivity index (χ2v) is 5.91. The first-order chi connectivity index (χ1) is 10.2. The zero-order valence-corrected chi connectivity index (χ0v) is 13.1. The summed E-state index contributed by atoms with van der Waals surface area (Å²) in [7, 11) is 0. The van der Waals surface area contributed by atoms with Crippen LogP contribution in [0.25, 0.3) is 20.2 Å². The SMILES string of the molecule is C#COc1ccc2c(sc3c(C)c(OCC)ccc32)c1C. The van der Waals surface area contributed by atoms with Gasteiger partial charge in [-0.15, -0.1) is 11.3 Å². The van der Waals surface area contributed by atoms with Crippen LogP contribution in [0.3, 0.4) is 0 Å². The Morgan fingerprint density at radius 2 is 1.57 bits per heavy atom. The molecule has 1 aromatic heterocycles. The smallest absolute Gasteiger partial charge is 0.144 e. The molecule has 0 fully saturated rings. The molecule has 0 aliphatic carbocycles. The monoisotopic (exact) mass is 296 g/mol. The molecule has 0 radical (unpaired) electrons. The Bertz CT molecular complexity index is 868. The summed E-state index contributed by atoms with van der Waals surface area (Å²) in [6.07, 6.45) is 7.49. The molecule has 3 heteroatoms. The predicted octanol–water partition coefficient (Wildman–Crippen LogP) is 5.04. The first kappa shape index (κ1) is 13.8. The van der Waals surface area contributed by atoms with Crippen LogP contribution in [0.15, 0.2) is 24.3 Å². The zero-order valence-electron chi connectivity index (χ0n) is 12.3. The zero-order chi connectivity index (χ0) is 15.0. The lowest BCUT2D eigenvalue weighted by molar-refractivity contribution is 0.338. The predicted molar refractivity (Wildman–Crippen MR) is 89.4 cm³/mol. The van der Waals surface area contributed by atoms with Crippen LogP contribution in [0.5, 0.6) is 11.5 Å². The number of thiophene rings is 1. The molecule has 0 spiro atoms. The molecule has 3 aromatic rings. The van der Waals surface area contributed by atoms with Crippen LogP contribution in [-0.2, 0) is 0 Å². The van der Waals surface area contributed by atoms with Gasteiger partial charge in [0.1, 0.15) is 17.6 Å². The molecule has 0 atom stereocenters. The maximum atomic E-state index is 5.69. The van der Waals surface area contributed by atoms with Gasteiger partial charge in [-0.05, 0) is 45.0 Å². The summed E-state index contributed by atoms with van der Waals surface area (Å²) in [6.45, 7) is 6.83. The van der Waals surface area contributed by atoms with Crippen LogP contribution in [0.4, 0.5) is 0 Å². The lowest BCUT2D eigenvalue weighted by Gasteiger charge is -2.07. The van der Waals surface area contributed by atoms with E-state index in [-0.39, 0.29) is 0 Å². The third-order valence-electron chi connectivity index (χ3n) is 3.68. The van der Waals surface area contributed by atoms with Crippen LogP contribution < -0.4 is 9.47 Å². The van der Waals surface area contributed by atoms with Crippen LogP contribution in [0.1, 0.15) is 18.1 Å². The number of hydrogen-bond donors (Lipinski definition) is 0. The molecule has 3 rings (SSSR count). The van der Waals surface area contributed by atoms with Gasteiger partial charge in [-0.1, -0.05) is 6.42 Å². The summed E-state index contributed by atoms with van der Waals surface area (Å²) in [4.78, 5) is 0. The minimum Gasteiger partial charge on any atom is -0.494 e. The van der Waals surface area contributed by atoms with Gasteiger partial charge in [0, 0.05) is 31.3 Å². The summed E-state index contributed by atoms with van der Waals surface area (Å²) in [5.41, 5.74) is 2.28. The summed E-state index contributed by atoms with van der Waals surface area (Å²) < 4.78 is 13.4. The van der Waals surface area contributed by atoms with Gasteiger partial charge < -0.3 is 9.47 Å². The van der Waals surface area contributed by atoms with Crippen molar-refractivity contribution >= 4 is 31.5 Å². The Morgan fingerprint density at radius 3 is 2.14 bits per heavy atom. The molecule has 0 aliphatic rings. The topological polar surface area (TPSA) is 18.5 Å². The number of terminal acetylenes is 1. The molecule has 106 valence electrons. The molecule has 0 saturated carbocycles. The fraction of sp³-hybridized carbons (Fsp3) is 0.222. The highest BCUT2D eigenvalue weighted by Crippen LogP contribution is 2.42. The minimum atomic E-state index is 0.677. The fourth-order valence-corrected chi connectivity index (χ4v) is 3.91. The Balaban J connectivity index is 2.31. The van der Waals surface area contributed by atoms with E-state index >= 15 is 0 Å². The van der Waals surface area contributed by atoms with Crippen molar-refractivity contribution in [3.05, 3.63) is 35.4 Å². The van der Waals surface area contributed by atoms with Crippen LogP contribution in [-0.4, -0.2) is 6.61 Å². The maximum absolute atomic E-state index is 5.69. The molecular formula is C18H16O2S. The molecule has 0 unspecified atom stereocenters. The minimum absolute atomic E-state index is 0.677. The summed E-state index contributed by atoms with van der Waals surface area (Å²) in [5.74, 6) is 1.70. The van der Waals surface area contributed by atoms with Crippen molar-refractivity contribution in [3.8, 4) is 24.0 Å². The van der Waals surface area contributed by atoms with Crippen molar-refractivity contribution in [1.82, 2.24) is 0 Å². The Kier molecular flexibility index (Phi) is 3.48. The second-order valence-electron chi connectivity index (χ2n) is 4.89. The van der Waals surface area contributed by atoms with Crippen LogP contribution in [0, 0.1) is 26.4 Å². The van der Waals surface area contributed by atoms with Gasteiger partial charge in [-0.3, -0.25) is 0 Å². The molecular weight excluding hydrogens is 280 g/mol. The van der Waals surface area contributed by atoms with Gasteiger partial charge in [0.2, 0.25) is 0 Å². The highest BCUT2D eigenvalue weighted by atomic mass is 32.1.